The average molecular weight is 273 g/mol. The van der Waals surface area contributed by atoms with E-state index in [2.05, 4.69) is 5.32 Å². The zero-order valence-corrected chi connectivity index (χ0v) is 11.1. The van der Waals surface area contributed by atoms with Crippen molar-refractivity contribution in [3.63, 3.8) is 0 Å². The second-order valence-corrected chi connectivity index (χ2v) is 5.62. The maximum absolute atomic E-state index is 11.1. The minimum atomic E-state index is -3.73. The molecule has 0 amide bonds. The predicted molar refractivity (Wildman–Crippen MR) is 71.6 cm³/mol. The Morgan fingerprint density at radius 2 is 2.11 bits per heavy atom. The van der Waals surface area contributed by atoms with Crippen LogP contribution in [0.2, 0.25) is 0 Å². The number of rotatable bonds is 6. The predicted octanol–water partition coefficient (Wildman–Crippen LogP) is 0.489. The van der Waals surface area contributed by atoms with Gasteiger partial charge in [0.05, 0.1) is 16.3 Å². The van der Waals surface area contributed by atoms with Crippen LogP contribution in [-0.4, -0.2) is 26.2 Å². The van der Waals surface area contributed by atoms with E-state index in [-0.39, 0.29) is 17.5 Å². The zero-order valence-electron chi connectivity index (χ0n) is 10.3. The Morgan fingerprint density at radius 1 is 1.44 bits per heavy atom. The number of sulfonamides is 1. The van der Waals surface area contributed by atoms with Crippen LogP contribution in [0.25, 0.3) is 0 Å². The van der Waals surface area contributed by atoms with Gasteiger partial charge in [-0.2, -0.15) is 0 Å². The lowest BCUT2D eigenvalue weighted by Gasteiger charge is -2.18. The molecule has 1 aromatic carbocycles. The molecule has 0 aliphatic rings. The van der Waals surface area contributed by atoms with Gasteiger partial charge < -0.3 is 16.2 Å². The van der Waals surface area contributed by atoms with E-state index in [1.807, 2.05) is 6.92 Å². The Kier molecular flexibility index (Phi) is 4.94. The van der Waals surface area contributed by atoms with E-state index < -0.39 is 10.0 Å². The third-order valence-corrected chi connectivity index (χ3v) is 3.59. The van der Waals surface area contributed by atoms with E-state index in [1.165, 1.54) is 12.1 Å². The molecule has 102 valence electrons. The van der Waals surface area contributed by atoms with Gasteiger partial charge in [-0.25, -0.2) is 13.6 Å². The molecule has 1 atom stereocenters. The van der Waals surface area contributed by atoms with Crippen LogP contribution in [0.15, 0.2) is 23.1 Å². The Morgan fingerprint density at radius 3 is 2.56 bits per heavy atom. The number of aliphatic hydroxyl groups is 1. The summed E-state index contributed by atoms with van der Waals surface area (Å²) in [6.45, 7) is 2.07. The van der Waals surface area contributed by atoms with Gasteiger partial charge in [0.2, 0.25) is 10.0 Å². The van der Waals surface area contributed by atoms with Crippen molar-refractivity contribution < 1.29 is 13.5 Å². The number of primary sulfonamides is 1. The van der Waals surface area contributed by atoms with E-state index in [9.17, 15) is 8.42 Å². The largest absolute Gasteiger partial charge is 0.397 e. The van der Waals surface area contributed by atoms with E-state index in [0.29, 0.717) is 17.8 Å². The monoisotopic (exact) mass is 273 g/mol. The minimum absolute atomic E-state index is 0.0132. The van der Waals surface area contributed by atoms with Gasteiger partial charge in [-0.3, -0.25) is 0 Å². The number of hydrogen-bond donors (Lipinski definition) is 4. The van der Waals surface area contributed by atoms with Crippen molar-refractivity contribution in [3.05, 3.63) is 18.2 Å². The van der Waals surface area contributed by atoms with Crippen molar-refractivity contribution in [1.29, 1.82) is 0 Å². The third-order valence-electron chi connectivity index (χ3n) is 2.68. The van der Waals surface area contributed by atoms with Crippen LogP contribution in [0, 0.1) is 0 Å². The first-order valence-electron chi connectivity index (χ1n) is 5.68. The molecule has 0 saturated carbocycles. The fraction of sp³-hybridized carbons (Fsp3) is 0.455. The van der Waals surface area contributed by atoms with Crippen LogP contribution in [0.5, 0.6) is 0 Å². The van der Waals surface area contributed by atoms with Gasteiger partial charge >= 0.3 is 0 Å². The molecule has 7 heteroatoms. The first-order valence-corrected chi connectivity index (χ1v) is 7.22. The van der Waals surface area contributed by atoms with Crippen LogP contribution < -0.4 is 16.2 Å². The van der Waals surface area contributed by atoms with Gasteiger partial charge in [0, 0.05) is 12.6 Å². The highest BCUT2D eigenvalue weighted by atomic mass is 32.2. The molecule has 1 rings (SSSR count). The molecule has 1 aromatic rings. The molecule has 0 radical (unpaired) electrons. The van der Waals surface area contributed by atoms with Gasteiger partial charge in [0.15, 0.2) is 0 Å². The summed E-state index contributed by atoms with van der Waals surface area (Å²) >= 11 is 0. The first-order chi connectivity index (χ1) is 8.38. The Bertz CT molecular complexity index is 502. The summed E-state index contributed by atoms with van der Waals surface area (Å²) in [5.41, 5.74) is 6.73. The van der Waals surface area contributed by atoms with Crippen LogP contribution in [0.3, 0.4) is 0 Å². The molecule has 0 aromatic heterocycles. The number of nitrogens with one attached hydrogen (secondary N) is 1. The lowest BCUT2D eigenvalue weighted by atomic mass is 10.1. The van der Waals surface area contributed by atoms with Gasteiger partial charge in [-0.1, -0.05) is 6.92 Å². The molecule has 0 saturated heterocycles. The van der Waals surface area contributed by atoms with Crippen LogP contribution in [0.1, 0.15) is 19.8 Å². The molecule has 1 unspecified atom stereocenters. The quantitative estimate of drug-likeness (QED) is 0.562. The van der Waals surface area contributed by atoms with Crippen molar-refractivity contribution in [3.8, 4) is 0 Å². The molecule has 0 bridgehead atoms. The SMILES string of the molecule is CCC(CCO)Nc1ccc(S(N)(=O)=O)cc1N. The number of nitrogen functional groups attached to an aromatic ring is 1. The molecule has 0 spiro atoms. The molecule has 0 aliphatic heterocycles. The second-order valence-electron chi connectivity index (χ2n) is 4.06. The Hall–Kier alpha value is -1.31. The molecule has 6 N–H and O–H groups in total. The van der Waals surface area contributed by atoms with Crippen molar-refractivity contribution in [2.75, 3.05) is 17.7 Å². The number of nitrogens with two attached hydrogens (primary N) is 2. The summed E-state index contributed by atoms with van der Waals surface area (Å²) in [6, 6.07) is 4.40. The third kappa shape index (κ3) is 3.86. The Balaban J connectivity index is 2.92. The van der Waals surface area contributed by atoms with Gasteiger partial charge in [0.25, 0.3) is 0 Å². The molecular formula is C11H19N3O3S. The number of hydrogen-bond acceptors (Lipinski definition) is 5. The maximum atomic E-state index is 11.1. The number of aliphatic hydroxyl groups excluding tert-OH is 1. The maximum Gasteiger partial charge on any atom is 0.238 e. The lowest BCUT2D eigenvalue weighted by molar-refractivity contribution is 0.278. The Labute approximate surface area is 107 Å². The van der Waals surface area contributed by atoms with E-state index in [0.717, 1.165) is 6.42 Å². The summed E-state index contributed by atoms with van der Waals surface area (Å²) < 4.78 is 22.3. The van der Waals surface area contributed by atoms with Crippen LogP contribution in [0.4, 0.5) is 11.4 Å². The molecular weight excluding hydrogens is 254 g/mol. The summed E-state index contributed by atoms with van der Waals surface area (Å²) in [4.78, 5) is -0.0132. The second kappa shape index (κ2) is 6.03. The van der Waals surface area contributed by atoms with Crippen LogP contribution >= 0.6 is 0 Å². The highest BCUT2D eigenvalue weighted by Crippen LogP contribution is 2.23. The van der Waals surface area contributed by atoms with Gasteiger partial charge in [0.1, 0.15) is 0 Å². The average Bonchev–Trinajstić information content (AvgIpc) is 2.29. The topological polar surface area (TPSA) is 118 Å². The van der Waals surface area contributed by atoms with Crippen LogP contribution in [-0.2, 0) is 10.0 Å². The highest BCUT2D eigenvalue weighted by Gasteiger charge is 2.12. The van der Waals surface area contributed by atoms with Crippen molar-refractivity contribution in [2.45, 2.75) is 30.7 Å². The smallest absolute Gasteiger partial charge is 0.238 e. The fourth-order valence-corrected chi connectivity index (χ4v) is 2.15. The molecule has 0 heterocycles. The molecule has 0 fully saturated rings. The fourth-order valence-electron chi connectivity index (χ4n) is 1.60. The normalized spacial score (nSPS) is 13.3. The van der Waals surface area contributed by atoms with E-state index in [1.54, 1.807) is 6.07 Å². The minimum Gasteiger partial charge on any atom is -0.397 e. The summed E-state index contributed by atoms with van der Waals surface area (Å²) in [5.74, 6) is 0. The van der Waals surface area contributed by atoms with E-state index in [4.69, 9.17) is 16.0 Å². The number of benzene rings is 1. The van der Waals surface area contributed by atoms with Gasteiger partial charge in [-0.15, -0.1) is 0 Å². The molecule has 6 nitrogen and oxygen atoms in total. The van der Waals surface area contributed by atoms with E-state index >= 15 is 0 Å². The van der Waals surface area contributed by atoms with Crippen molar-refractivity contribution >= 4 is 21.4 Å². The standard InChI is InChI=1S/C11H19N3O3S/c1-2-8(5-6-15)14-11-4-3-9(7-10(11)12)18(13,16)17/h3-4,7-8,14-15H,2,5-6,12H2,1H3,(H2,13,16,17). The highest BCUT2D eigenvalue weighted by molar-refractivity contribution is 7.89. The summed E-state index contributed by atoms with van der Waals surface area (Å²) in [5, 5.41) is 17.1. The van der Waals surface area contributed by atoms with Crippen molar-refractivity contribution in [1.82, 2.24) is 0 Å². The summed E-state index contributed by atoms with van der Waals surface area (Å²) in [6.07, 6.45) is 1.43. The molecule has 18 heavy (non-hydrogen) atoms. The van der Waals surface area contributed by atoms with Gasteiger partial charge in [-0.05, 0) is 31.0 Å². The zero-order chi connectivity index (χ0) is 13.8. The summed E-state index contributed by atoms with van der Waals surface area (Å²) in [7, 11) is -3.73. The lowest BCUT2D eigenvalue weighted by Crippen LogP contribution is -2.21. The van der Waals surface area contributed by atoms with Crippen molar-refractivity contribution in [2.24, 2.45) is 5.14 Å². The number of anilines is 2. The first kappa shape index (κ1) is 14.7. The molecule has 0 aliphatic carbocycles.